The lowest BCUT2D eigenvalue weighted by atomic mass is 10.2. The van der Waals surface area contributed by atoms with E-state index in [0.29, 0.717) is 0 Å². The maximum atomic E-state index is 6.38. The van der Waals surface area contributed by atoms with Gasteiger partial charge in [-0.2, -0.15) is 0 Å². The summed E-state index contributed by atoms with van der Waals surface area (Å²) in [5.41, 5.74) is -1.71. The fourth-order valence-electron chi connectivity index (χ4n) is 3.91. The summed E-state index contributed by atoms with van der Waals surface area (Å²) >= 11 is 0. The maximum absolute atomic E-state index is 6.38. The van der Waals surface area contributed by atoms with Crippen LogP contribution in [0.25, 0.3) is 0 Å². The largest absolute Gasteiger partial charge is 0.349 e. The molecule has 0 fully saturated rings. The Hall–Kier alpha value is 0.274. The molecule has 0 saturated carbocycles. The third kappa shape index (κ3) is 16.6. The lowest BCUT2D eigenvalue weighted by Gasteiger charge is -2.41. The first-order valence-corrected chi connectivity index (χ1v) is 14.8. The SMILES string of the molecule is CC(C)(C)OC(C)(OC(C)(C)C)[SiH2]CCC[SiH2]C(C)(OC(C)(C)C)OC(C)(C)C. The van der Waals surface area contributed by atoms with E-state index in [4.69, 9.17) is 18.9 Å². The summed E-state index contributed by atoms with van der Waals surface area (Å²) in [7, 11) is -1.13. The highest BCUT2D eigenvalue weighted by atomic mass is 28.2. The molecule has 0 radical (unpaired) electrons. The third-order valence-electron chi connectivity index (χ3n) is 3.85. The zero-order chi connectivity index (χ0) is 23.4. The van der Waals surface area contributed by atoms with Crippen molar-refractivity contribution >= 4 is 19.0 Å². The van der Waals surface area contributed by atoms with E-state index in [1.165, 1.54) is 18.5 Å². The first-order chi connectivity index (χ1) is 12.5. The number of rotatable bonds is 10. The highest BCUT2D eigenvalue weighted by Crippen LogP contribution is 2.29. The van der Waals surface area contributed by atoms with Gasteiger partial charge in [-0.25, -0.2) is 0 Å². The van der Waals surface area contributed by atoms with Crippen molar-refractivity contribution in [2.75, 3.05) is 0 Å². The van der Waals surface area contributed by atoms with E-state index in [1.54, 1.807) is 0 Å². The summed E-state index contributed by atoms with van der Waals surface area (Å²) in [5, 5.41) is 0. The van der Waals surface area contributed by atoms with Crippen LogP contribution in [0.5, 0.6) is 0 Å². The average Bonchev–Trinajstić information content (AvgIpc) is 2.27. The van der Waals surface area contributed by atoms with Crippen molar-refractivity contribution in [3.05, 3.63) is 0 Å². The van der Waals surface area contributed by atoms with Crippen LogP contribution in [0.15, 0.2) is 0 Å². The standard InChI is InChI=1S/C23H52O4Si2/c1-18(2,3)24-22(13,25-19(4,5)6)28-16-15-17-29-23(14,26-20(7,8)9)27-21(10,11)12/h15-17,28-29H2,1-14H3. The molecule has 4 nitrogen and oxygen atoms in total. The van der Waals surface area contributed by atoms with E-state index in [9.17, 15) is 0 Å². The lowest BCUT2D eigenvalue weighted by molar-refractivity contribution is -0.256. The molecule has 0 aromatic rings. The van der Waals surface area contributed by atoms with Crippen molar-refractivity contribution in [2.24, 2.45) is 0 Å². The highest BCUT2D eigenvalue weighted by molar-refractivity contribution is 6.40. The third-order valence-corrected chi connectivity index (χ3v) is 7.95. The minimum Gasteiger partial charge on any atom is -0.349 e. The number of hydrogen-bond acceptors (Lipinski definition) is 4. The van der Waals surface area contributed by atoms with Crippen LogP contribution in [-0.2, 0) is 18.9 Å². The molecule has 0 aliphatic rings. The fourth-order valence-corrected chi connectivity index (χ4v) is 9.24. The van der Waals surface area contributed by atoms with Crippen molar-refractivity contribution in [1.82, 2.24) is 0 Å². The van der Waals surface area contributed by atoms with Crippen LogP contribution >= 0.6 is 0 Å². The maximum Gasteiger partial charge on any atom is 0.143 e. The van der Waals surface area contributed by atoms with Crippen molar-refractivity contribution in [1.29, 1.82) is 0 Å². The summed E-state index contributed by atoms with van der Waals surface area (Å²) in [5.74, 6) is 0. The van der Waals surface area contributed by atoms with Gasteiger partial charge in [-0.05, 0) is 96.9 Å². The average molecular weight is 449 g/mol. The second kappa shape index (κ2) is 10.3. The molecule has 0 rings (SSSR count). The Labute approximate surface area is 186 Å². The molecule has 0 spiro atoms. The lowest BCUT2D eigenvalue weighted by Crippen LogP contribution is -2.49. The molecule has 6 heteroatoms. The molecule has 0 aliphatic heterocycles. The van der Waals surface area contributed by atoms with E-state index in [0.717, 1.165) is 0 Å². The fraction of sp³-hybridized carbons (Fsp3) is 1.00. The van der Waals surface area contributed by atoms with Gasteiger partial charge in [-0.1, -0.05) is 18.5 Å². The molecule has 0 saturated heterocycles. The summed E-state index contributed by atoms with van der Waals surface area (Å²) in [4.78, 5) is 0. The summed E-state index contributed by atoms with van der Waals surface area (Å²) in [6.45, 7) is 29.6. The molecule has 0 heterocycles. The quantitative estimate of drug-likeness (QED) is 0.263. The Morgan fingerprint density at radius 3 is 0.793 bits per heavy atom. The molecule has 0 aromatic heterocycles. The zero-order valence-electron chi connectivity index (χ0n) is 22.2. The number of hydrogen-bond donors (Lipinski definition) is 0. The molecule has 0 atom stereocenters. The van der Waals surface area contributed by atoms with Crippen molar-refractivity contribution in [2.45, 2.75) is 149 Å². The van der Waals surface area contributed by atoms with Gasteiger partial charge >= 0.3 is 0 Å². The summed E-state index contributed by atoms with van der Waals surface area (Å²) in [6, 6.07) is 2.41. The predicted molar refractivity (Wildman–Crippen MR) is 131 cm³/mol. The Bertz CT molecular complexity index is 403. The van der Waals surface area contributed by atoms with Crippen LogP contribution in [0.4, 0.5) is 0 Å². The van der Waals surface area contributed by atoms with E-state index in [-0.39, 0.29) is 22.4 Å². The topological polar surface area (TPSA) is 36.9 Å². The van der Waals surface area contributed by atoms with Crippen LogP contribution < -0.4 is 0 Å². The molecular formula is C23H52O4Si2. The molecule has 176 valence electrons. The first kappa shape index (κ1) is 29.3. The van der Waals surface area contributed by atoms with E-state index in [1.807, 2.05) is 0 Å². The van der Waals surface area contributed by atoms with Crippen LogP contribution in [0.3, 0.4) is 0 Å². The predicted octanol–water partition coefficient (Wildman–Crippen LogP) is 5.16. The molecular weight excluding hydrogens is 396 g/mol. The van der Waals surface area contributed by atoms with Gasteiger partial charge in [0.1, 0.15) is 10.8 Å². The van der Waals surface area contributed by atoms with Gasteiger partial charge in [0, 0.05) is 0 Å². The van der Waals surface area contributed by atoms with Gasteiger partial charge in [0.15, 0.2) is 0 Å². The molecule has 0 bridgehead atoms. The Kier molecular flexibility index (Phi) is 10.4. The first-order valence-electron chi connectivity index (χ1n) is 11.3. The smallest absolute Gasteiger partial charge is 0.143 e. The molecule has 0 N–H and O–H groups in total. The van der Waals surface area contributed by atoms with Crippen LogP contribution in [0.2, 0.25) is 12.1 Å². The zero-order valence-corrected chi connectivity index (χ0v) is 25.0. The van der Waals surface area contributed by atoms with Crippen molar-refractivity contribution in [3.63, 3.8) is 0 Å². The van der Waals surface area contributed by atoms with Crippen molar-refractivity contribution < 1.29 is 18.9 Å². The van der Waals surface area contributed by atoms with Gasteiger partial charge in [0.05, 0.1) is 41.4 Å². The Morgan fingerprint density at radius 1 is 0.414 bits per heavy atom. The monoisotopic (exact) mass is 448 g/mol. The van der Waals surface area contributed by atoms with Gasteiger partial charge in [-0.15, -0.1) is 0 Å². The van der Waals surface area contributed by atoms with Gasteiger partial charge < -0.3 is 18.9 Å². The van der Waals surface area contributed by atoms with Crippen molar-refractivity contribution in [3.8, 4) is 0 Å². The Morgan fingerprint density at radius 2 is 0.621 bits per heavy atom. The minimum absolute atomic E-state index is 0.207. The number of ether oxygens (including phenoxy) is 4. The normalized spacial score (nSPS) is 15.9. The molecule has 29 heavy (non-hydrogen) atoms. The summed E-state index contributed by atoms with van der Waals surface area (Å²) < 4.78 is 25.5. The molecule has 0 amide bonds. The second-order valence-corrected chi connectivity index (χ2v) is 17.7. The molecule has 0 aromatic carbocycles. The molecule has 0 unspecified atom stereocenters. The van der Waals surface area contributed by atoms with Gasteiger partial charge in [-0.3, -0.25) is 0 Å². The van der Waals surface area contributed by atoms with E-state index < -0.39 is 29.9 Å². The van der Waals surface area contributed by atoms with Gasteiger partial charge in [0.2, 0.25) is 0 Å². The highest BCUT2D eigenvalue weighted by Gasteiger charge is 2.37. The van der Waals surface area contributed by atoms with Crippen LogP contribution in [0, 0.1) is 0 Å². The van der Waals surface area contributed by atoms with Gasteiger partial charge in [0.25, 0.3) is 0 Å². The Balaban J connectivity index is 4.86. The van der Waals surface area contributed by atoms with E-state index >= 15 is 0 Å². The second-order valence-electron chi connectivity index (χ2n) is 12.7. The van der Waals surface area contributed by atoms with Crippen LogP contribution in [-0.4, -0.2) is 52.3 Å². The minimum atomic E-state index is -0.566. The summed E-state index contributed by atoms with van der Waals surface area (Å²) in [6.07, 6.45) is 1.20. The van der Waals surface area contributed by atoms with E-state index in [2.05, 4.69) is 96.9 Å². The molecule has 0 aliphatic carbocycles. The van der Waals surface area contributed by atoms with Crippen LogP contribution in [0.1, 0.15) is 103 Å².